The number of carbonyl (C=O) groups is 2. The molecule has 0 atom stereocenters. The summed E-state index contributed by atoms with van der Waals surface area (Å²) in [5.74, 6) is -0.448. The number of hydrogen-bond acceptors (Lipinski definition) is 8. The zero-order valence-corrected chi connectivity index (χ0v) is 15.3. The van der Waals surface area contributed by atoms with Gasteiger partial charge in [0.25, 0.3) is 11.1 Å². The molecule has 0 aromatic carbocycles. The number of methoxy groups -OCH3 is 1. The SMILES string of the molecule is COc1nnc(NC(=O)c2cnc(C)cc2-c2cc(Cl)ncc2C=O)s1. The van der Waals surface area contributed by atoms with E-state index in [1.807, 2.05) is 0 Å². The minimum atomic E-state index is -0.448. The molecule has 0 unspecified atom stereocenters. The monoisotopic (exact) mass is 389 g/mol. The predicted octanol–water partition coefficient (Wildman–Crippen LogP) is 3.03. The number of aromatic nitrogens is 4. The normalized spacial score (nSPS) is 10.4. The van der Waals surface area contributed by atoms with Crippen LogP contribution in [-0.4, -0.2) is 39.5 Å². The number of carbonyl (C=O) groups excluding carboxylic acids is 2. The minimum Gasteiger partial charge on any atom is -0.472 e. The number of halogens is 1. The number of ether oxygens (including phenoxy) is 1. The van der Waals surface area contributed by atoms with E-state index in [2.05, 4.69) is 25.5 Å². The highest BCUT2D eigenvalue weighted by molar-refractivity contribution is 7.17. The van der Waals surface area contributed by atoms with Crippen molar-refractivity contribution in [3.05, 3.63) is 46.5 Å². The van der Waals surface area contributed by atoms with Gasteiger partial charge in [0.2, 0.25) is 5.13 Å². The van der Waals surface area contributed by atoms with Crippen molar-refractivity contribution in [1.82, 2.24) is 20.2 Å². The first kappa shape index (κ1) is 17.9. The number of amides is 1. The van der Waals surface area contributed by atoms with Crippen LogP contribution in [0.3, 0.4) is 0 Å². The summed E-state index contributed by atoms with van der Waals surface area (Å²) in [5, 5.41) is 11.0. The van der Waals surface area contributed by atoms with Crippen LogP contribution in [0.25, 0.3) is 11.1 Å². The molecule has 26 heavy (non-hydrogen) atoms. The van der Waals surface area contributed by atoms with E-state index in [4.69, 9.17) is 16.3 Å². The Morgan fingerprint density at radius 1 is 1.23 bits per heavy atom. The van der Waals surface area contributed by atoms with E-state index in [-0.39, 0.29) is 15.8 Å². The molecule has 1 N–H and O–H groups in total. The van der Waals surface area contributed by atoms with Crippen molar-refractivity contribution in [3.8, 4) is 16.3 Å². The molecule has 0 aliphatic rings. The fraction of sp³-hybridized carbons (Fsp3) is 0.125. The molecule has 132 valence electrons. The third-order valence-corrected chi connectivity index (χ3v) is 4.41. The molecular weight excluding hydrogens is 378 g/mol. The summed E-state index contributed by atoms with van der Waals surface area (Å²) in [6.07, 6.45) is 3.45. The lowest BCUT2D eigenvalue weighted by atomic mass is 9.97. The third-order valence-electron chi connectivity index (χ3n) is 3.41. The van der Waals surface area contributed by atoms with E-state index in [1.165, 1.54) is 25.6 Å². The quantitative estimate of drug-likeness (QED) is 0.527. The van der Waals surface area contributed by atoms with E-state index in [9.17, 15) is 9.59 Å². The first-order chi connectivity index (χ1) is 12.5. The number of anilines is 1. The molecule has 0 bridgehead atoms. The number of nitrogens with one attached hydrogen (secondary N) is 1. The van der Waals surface area contributed by atoms with Gasteiger partial charge in [-0.1, -0.05) is 16.7 Å². The Kier molecular flexibility index (Phi) is 5.19. The molecule has 1 amide bonds. The smallest absolute Gasteiger partial charge is 0.295 e. The van der Waals surface area contributed by atoms with Crippen LogP contribution in [0.5, 0.6) is 5.19 Å². The van der Waals surface area contributed by atoms with Crippen molar-refractivity contribution in [3.63, 3.8) is 0 Å². The van der Waals surface area contributed by atoms with E-state index >= 15 is 0 Å². The molecule has 0 aliphatic heterocycles. The van der Waals surface area contributed by atoms with Crippen molar-refractivity contribution < 1.29 is 14.3 Å². The Morgan fingerprint density at radius 2 is 2.04 bits per heavy atom. The zero-order valence-electron chi connectivity index (χ0n) is 13.7. The molecule has 8 nitrogen and oxygen atoms in total. The highest BCUT2D eigenvalue weighted by atomic mass is 35.5. The van der Waals surface area contributed by atoms with Gasteiger partial charge in [-0.3, -0.25) is 19.9 Å². The van der Waals surface area contributed by atoms with Crippen molar-refractivity contribution in [2.45, 2.75) is 6.92 Å². The highest BCUT2D eigenvalue weighted by Gasteiger charge is 2.18. The van der Waals surface area contributed by atoms with Crippen LogP contribution >= 0.6 is 22.9 Å². The maximum atomic E-state index is 12.7. The Labute approximate surface area is 157 Å². The highest BCUT2D eigenvalue weighted by Crippen LogP contribution is 2.29. The standard InChI is InChI=1S/C16H12ClN5O3S/c1-8-3-11(10-4-13(17)19-5-9(10)7-23)12(6-18-8)14(24)20-15-21-22-16(25-2)26-15/h3-7H,1-2H3,(H,20,21,24). The van der Waals surface area contributed by atoms with Gasteiger partial charge < -0.3 is 4.74 Å². The maximum absolute atomic E-state index is 12.7. The summed E-state index contributed by atoms with van der Waals surface area (Å²) in [4.78, 5) is 32.2. The van der Waals surface area contributed by atoms with Gasteiger partial charge in [0.15, 0.2) is 6.29 Å². The van der Waals surface area contributed by atoms with Crippen LogP contribution in [-0.2, 0) is 0 Å². The number of hydrogen-bond donors (Lipinski definition) is 1. The number of aldehydes is 1. The van der Waals surface area contributed by atoms with Gasteiger partial charge in [-0.25, -0.2) is 4.98 Å². The molecule has 0 aliphatic carbocycles. The maximum Gasteiger partial charge on any atom is 0.295 e. The van der Waals surface area contributed by atoms with Gasteiger partial charge in [-0.15, -0.1) is 5.10 Å². The zero-order chi connectivity index (χ0) is 18.7. The molecule has 0 radical (unpaired) electrons. The summed E-state index contributed by atoms with van der Waals surface area (Å²) >= 11 is 7.06. The lowest BCUT2D eigenvalue weighted by Gasteiger charge is -2.11. The molecule has 3 aromatic heterocycles. The Morgan fingerprint density at radius 3 is 2.73 bits per heavy atom. The van der Waals surface area contributed by atoms with E-state index in [1.54, 1.807) is 13.0 Å². The first-order valence-corrected chi connectivity index (χ1v) is 8.48. The van der Waals surface area contributed by atoms with Crippen LogP contribution < -0.4 is 10.1 Å². The van der Waals surface area contributed by atoms with E-state index in [0.29, 0.717) is 33.9 Å². The van der Waals surface area contributed by atoms with Crippen LogP contribution in [0, 0.1) is 6.92 Å². The fourth-order valence-corrected chi connectivity index (χ4v) is 2.95. The summed E-state index contributed by atoms with van der Waals surface area (Å²) in [7, 11) is 1.46. The van der Waals surface area contributed by atoms with Crippen molar-refractivity contribution in [2.75, 3.05) is 12.4 Å². The van der Waals surface area contributed by atoms with Gasteiger partial charge in [0.05, 0.1) is 12.7 Å². The topological polar surface area (TPSA) is 107 Å². The van der Waals surface area contributed by atoms with Crippen LogP contribution in [0.1, 0.15) is 26.4 Å². The van der Waals surface area contributed by atoms with Crippen molar-refractivity contribution in [2.24, 2.45) is 0 Å². The van der Waals surface area contributed by atoms with E-state index < -0.39 is 5.91 Å². The average Bonchev–Trinajstić information content (AvgIpc) is 3.09. The molecule has 3 aromatic rings. The van der Waals surface area contributed by atoms with Gasteiger partial charge in [-0.05, 0) is 41.5 Å². The molecule has 3 heterocycles. The second-order valence-electron chi connectivity index (χ2n) is 5.11. The lowest BCUT2D eigenvalue weighted by molar-refractivity contribution is 0.102. The van der Waals surface area contributed by atoms with Crippen molar-refractivity contribution >= 4 is 40.3 Å². The van der Waals surface area contributed by atoms with Gasteiger partial charge >= 0.3 is 0 Å². The molecule has 0 saturated carbocycles. The summed E-state index contributed by atoms with van der Waals surface area (Å²) in [5.41, 5.74) is 2.25. The average molecular weight is 390 g/mol. The summed E-state index contributed by atoms with van der Waals surface area (Å²) in [6, 6.07) is 3.24. The third kappa shape index (κ3) is 3.68. The lowest BCUT2D eigenvalue weighted by Crippen LogP contribution is -2.14. The minimum absolute atomic E-state index is 0.209. The molecule has 10 heteroatoms. The summed E-state index contributed by atoms with van der Waals surface area (Å²) in [6.45, 7) is 1.78. The number of rotatable bonds is 5. The van der Waals surface area contributed by atoms with Gasteiger partial charge in [0, 0.05) is 23.7 Å². The fourth-order valence-electron chi connectivity index (χ4n) is 2.24. The van der Waals surface area contributed by atoms with Gasteiger partial charge in [-0.2, -0.15) is 0 Å². The van der Waals surface area contributed by atoms with Crippen LogP contribution in [0.2, 0.25) is 5.15 Å². The second-order valence-corrected chi connectivity index (χ2v) is 6.44. The Balaban J connectivity index is 2.05. The van der Waals surface area contributed by atoms with Crippen LogP contribution in [0.15, 0.2) is 24.5 Å². The van der Waals surface area contributed by atoms with Crippen molar-refractivity contribution in [1.29, 1.82) is 0 Å². The van der Waals surface area contributed by atoms with Gasteiger partial charge in [0.1, 0.15) is 5.15 Å². The second kappa shape index (κ2) is 7.54. The van der Waals surface area contributed by atoms with E-state index in [0.717, 1.165) is 11.3 Å². The molecular formula is C16H12ClN5O3S. The summed E-state index contributed by atoms with van der Waals surface area (Å²) < 4.78 is 4.96. The molecule has 0 fully saturated rings. The largest absolute Gasteiger partial charge is 0.472 e. The molecule has 0 saturated heterocycles. The molecule has 0 spiro atoms. The Bertz CT molecular complexity index is 992. The van der Waals surface area contributed by atoms with Crippen LogP contribution in [0.4, 0.5) is 5.13 Å². The number of aryl methyl sites for hydroxylation is 1. The predicted molar refractivity (Wildman–Crippen MR) is 97.0 cm³/mol. The number of nitrogens with zero attached hydrogens (tertiary/aromatic N) is 4. The Hall–Kier alpha value is -2.91. The first-order valence-electron chi connectivity index (χ1n) is 7.28. The number of pyridine rings is 2. The molecule has 3 rings (SSSR count).